The van der Waals surface area contributed by atoms with Gasteiger partial charge in [-0.25, -0.2) is 4.79 Å². The summed E-state index contributed by atoms with van der Waals surface area (Å²) in [5.74, 6) is -1.03. The van der Waals surface area contributed by atoms with Crippen molar-refractivity contribution in [2.45, 2.75) is 13.2 Å². The van der Waals surface area contributed by atoms with Crippen LogP contribution in [0.15, 0.2) is 65.3 Å². The molecule has 0 aliphatic carbocycles. The van der Waals surface area contributed by atoms with E-state index >= 15 is 0 Å². The van der Waals surface area contributed by atoms with Gasteiger partial charge in [0.25, 0.3) is 5.91 Å². The van der Waals surface area contributed by atoms with Crippen LogP contribution in [0.3, 0.4) is 0 Å². The second-order valence-electron chi connectivity index (χ2n) is 5.34. The molecule has 0 radical (unpaired) electrons. The number of cyclic esters (lactones) is 1. The first-order valence-electron chi connectivity index (χ1n) is 7.35. The van der Waals surface area contributed by atoms with Crippen LogP contribution >= 0.6 is 11.6 Å². The van der Waals surface area contributed by atoms with E-state index in [0.29, 0.717) is 11.3 Å². The molecule has 0 bridgehead atoms. The molecule has 1 heterocycles. The lowest BCUT2D eigenvalue weighted by molar-refractivity contribution is -0.139. The Bertz CT molecular complexity index is 801. The molecule has 0 unspecified atom stereocenters. The first-order chi connectivity index (χ1) is 11.5. The van der Waals surface area contributed by atoms with E-state index in [1.54, 1.807) is 24.3 Å². The molecule has 5 nitrogen and oxygen atoms in total. The largest absolute Gasteiger partial charge is 0.431 e. The van der Waals surface area contributed by atoms with E-state index in [1.165, 1.54) is 0 Å². The van der Waals surface area contributed by atoms with Gasteiger partial charge in [-0.15, -0.1) is 0 Å². The number of nitrogens with one attached hydrogen (secondary N) is 2. The zero-order chi connectivity index (χ0) is 17.1. The average Bonchev–Trinajstić information content (AvgIpc) is 2.85. The summed E-state index contributed by atoms with van der Waals surface area (Å²) in [5, 5.41) is 5.62. The van der Waals surface area contributed by atoms with Crippen molar-refractivity contribution < 1.29 is 14.3 Å². The number of esters is 1. The number of rotatable bonds is 4. The maximum absolute atomic E-state index is 12.3. The van der Waals surface area contributed by atoms with E-state index in [1.807, 2.05) is 37.3 Å². The molecule has 24 heavy (non-hydrogen) atoms. The topological polar surface area (TPSA) is 67.4 Å². The van der Waals surface area contributed by atoms with Crippen LogP contribution in [0.4, 0.5) is 5.69 Å². The molecule has 6 heteroatoms. The van der Waals surface area contributed by atoms with Crippen LogP contribution in [0.2, 0.25) is 0 Å². The van der Waals surface area contributed by atoms with Crippen molar-refractivity contribution in [3.63, 3.8) is 0 Å². The summed E-state index contributed by atoms with van der Waals surface area (Å²) in [6.07, 6.45) is -0.959. The first-order valence-corrected chi connectivity index (χ1v) is 7.72. The van der Waals surface area contributed by atoms with Crippen LogP contribution in [0.5, 0.6) is 0 Å². The number of ether oxygens (including phenoxy) is 1. The fraction of sp³-hybridized carbons (Fsp3) is 0.111. The Kier molecular flexibility index (Phi) is 4.53. The van der Waals surface area contributed by atoms with Crippen LogP contribution < -0.4 is 10.6 Å². The number of amides is 1. The Balaban J connectivity index is 1.78. The number of carbonyl (C=O) groups is 2. The molecule has 1 atom stereocenters. The predicted octanol–water partition coefficient (Wildman–Crippen LogP) is 3.17. The predicted molar refractivity (Wildman–Crippen MR) is 91.5 cm³/mol. The number of benzene rings is 2. The molecule has 0 spiro atoms. The van der Waals surface area contributed by atoms with Gasteiger partial charge in [-0.05, 0) is 31.2 Å². The minimum Gasteiger partial charge on any atom is -0.431 e. The molecule has 2 N–H and O–H groups in total. The quantitative estimate of drug-likeness (QED) is 0.837. The lowest BCUT2D eigenvalue weighted by Crippen LogP contribution is -2.38. The molecule has 0 saturated carbocycles. The fourth-order valence-electron chi connectivity index (χ4n) is 2.25. The Morgan fingerprint density at radius 3 is 2.42 bits per heavy atom. The highest BCUT2D eigenvalue weighted by Crippen LogP contribution is 2.26. The minimum atomic E-state index is -0.959. The molecular formula is C18H15ClN2O3. The minimum absolute atomic E-state index is 0.0751. The fourth-order valence-corrected chi connectivity index (χ4v) is 2.44. The summed E-state index contributed by atoms with van der Waals surface area (Å²) >= 11 is 6.03. The third-order valence-electron chi connectivity index (χ3n) is 3.53. The van der Waals surface area contributed by atoms with Crippen LogP contribution in [0.25, 0.3) is 0 Å². The average molecular weight is 343 g/mol. The normalized spacial score (nSPS) is 16.8. The summed E-state index contributed by atoms with van der Waals surface area (Å²) < 4.78 is 5.13. The van der Waals surface area contributed by atoms with Crippen molar-refractivity contribution in [3.8, 4) is 0 Å². The van der Waals surface area contributed by atoms with Crippen LogP contribution in [-0.4, -0.2) is 18.1 Å². The van der Waals surface area contributed by atoms with E-state index < -0.39 is 12.2 Å². The highest BCUT2D eigenvalue weighted by atomic mass is 35.5. The van der Waals surface area contributed by atoms with Gasteiger partial charge in [0.05, 0.1) is 0 Å². The van der Waals surface area contributed by atoms with E-state index in [9.17, 15) is 9.59 Å². The van der Waals surface area contributed by atoms with Gasteiger partial charge in [0.1, 0.15) is 5.70 Å². The second kappa shape index (κ2) is 6.76. The molecule has 0 saturated heterocycles. The Hall–Kier alpha value is -2.79. The van der Waals surface area contributed by atoms with Crippen LogP contribution in [-0.2, 0) is 9.53 Å². The van der Waals surface area contributed by atoms with Gasteiger partial charge in [-0.3, -0.25) is 4.79 Å². The molecule has 122 valence electrons. The Morgan fingerprint density at radius 1 is 1.08 bits per heavy atom. The van der Waals surface area contributed by atoms with E-state index in [4.69, 9.17) is 16.3 Å². The van der Waals surface area contributed by atoms with Gasteiger partial charge in [0, 0.05) is 11.3 Å². The van der Waals surface area contributed by atoms with Crippen LogP contribution in [0.1, 0.15) is 15.9 Å². The van der Waals surface area contributed by atoms with Crippen molar-refractivity contribution in [2.24, 2.45) is 0 Å². The smallest absolute Gasteiger partial charge is 0.354 e. The number of anilines is 1. The molecule has 2 aromatic carbocycles. The first kappa shape index (κ1) is 16.1. The van der Waals surface area contributed by atoms with Crippen molar-refractivity contribution in [1.82, 2.24) is 5.32 Å². The standard InChI is InChI=1S/C18H15ClN2O3/c1-11-7-9-13(10-8-11)20-15-14(19)18(23)24-17(15)21-16(22)12-5-3-2-4-6-12/h2-10,17,20H,1H3,(H,21,22)/t17-/m0/s1. The SMILES string of the molecule is Cc1ccc(NC2=C(Cl)C(=O)O[C@@H]2NC(=O)c2ccccc2)cc1. The van der Waals surface area contributed by atoms with Gasteiger partial charge < -0.3 is 15.4 Å². The number of hydrogen-bond acceptors (Lipinski definition) is 4. The van der Waals surface area contributed by atoms with E-state index in [2.05, 4.69) is 10.6 Å². The van der Waals surface area contributed by atoms with Crippen molar-refractivity contribution in [3.05, 3.63) is 76.5 Å². The summed E-state index contributed by atoms with van der Waals surface area (Å²) in [4.78, 5) is 24.0. The Labute approximate surface area is 144 Å². The van der Waals surface area contributed by atoms with Gasteiger partial charge in [0.2, 0.25) is 6.23 Å². The number of aryl methyl sites for hydroxylation is 1. The van der Waals surface area contributed by atoms with E-state index in [0.717, 1.165) is 11.3 Å². The molecule has 1 aliphatic rings. The lowest BCUT2D eigenvalue weighted by atomic mass is 10.2. The van der Waals surface area contributed by atoms with Gasteiger partial charge in [0.15, 0.2) is 5.03 Å². The van der Waals surface area contributed by atoms with Crippen molar-refractivity contribution >= 4 is 29.2 Å². The van der Waals surface area contributed by atoms with Crippen molar-refractivity contribution in [2.75, 3.05) is 5.32 Å². The summed E-state index contributed by atoms with van der Waals surface area (Å²) in [7, 11) is 0. The molecule has 2 aromatic rings. The zero-order valence-electron chi connectivity index (χ0n) is 12.9. The molecular weight excluding hydrogens is 328 g/mol. The summed E-state index contributed by atoms with van der Waals surface area (Å²) in [6, 6.07) is 16.2. The van der Waals surface area contributed by atoms with Gasteiger partial charge in [-0.2, -0.15) is 0 Å². The molecule has 0 fully saturated rings. The summed E-state index contributed by atoms with van der Waals surface area (Å²) in [5.41, 5.74) is 2.63. The maximum Gasteiger partial charge on any atom is 0.354 e. The van der Waals surface area contributed by atoms with Gasteiger partial charge >= 0.3 is 5.97 Å². The Morgan fingerprint density at radius 2 is 1.75 bits per heavy atom. The van der Waals surface area contributed by atoms with E-state index in [-0.39, 0.29) is 10.9 Å². The molecule has 1 amide bonds. The maximum atomic E-state index is 12.3. The van der Waals surface area contributed by atoms with Gasteiger partial charge in [-0.1, -0.05) is 47.5 Å². The number of carbonyl (C=O) groups excluding carboxylic acids is 2. The zero-order valence-corrected chi connectivity index (χ0v) is 13.6. The highest BCUT2D eigenvalue weighted by Gasteiger charge is 2.34. The molecule has 1 aliphatic heterocycles. The number of halogens is 1. The second-order valence-corrected chi connectivity index (χ2v) is 5.72. The van der Waals surface area contributed by atoms with Crippen molar-refractivity contribution in [1.29, 1.82) is 0 Å². The molecule has 0 aromatic heterocycles. The monoisotopic (exact) mass is 342 g/mol. The third kappa shape index (κ3) is 3.41. The highest BCUT2D eigenvalue weighted by molar-refractivity contribution is 6.42. The molecule has 3 rings (SSSR count). The number of hydrogen-bond donors (Lipinski definition) is 2. The third-order valence-corrected chi connectivity index (χ3v) is 3.89. The van der Waals surface area contributed by atoms with Crippen LogP contribution in [0, 0.1) is 6.92 Å². The summed E-state index contributed by atoms with van der Waals surface area (Å²) in [6.45, 7) is 1.97. The lowest BCUT2D eigenvalue weighted by Gasteiger charge is -2.17.